The van der Waals surface area contributed by atoms with E-state index in [1.807, 2.05) is 19.1 Å². The van der Waals surface area contributed by atoms with Gasteiger partial charge < -0.3 is 4.74 Å². The van der Waals surface area contributed by atoms with Crippen molar-refractivity contribution in [1.82, 2.24) is 0 Å². The van der Waals surface area contributed by atoms with Gasteiger partial charge in [0.05, 0.1) is 10.0 Å². The van der Waals surface area contributed by atoms with E-state index in [2.05, 4.69) is 32.0 Å². The highest BCUT2D eigenvalue weighted by Gasteiger charge is 2.08. The van der Waals surface area contributed by atoms with Crippen molar-refractivity contribution >= 4 is 23.2 Å². The fourth-order valence-corrected chi connectivity index (χ4v) is 2.32. The summed E-state index contributed by atoms with van der Waals surface area (Å²) < 4.78 is 5.91. The Labute approximate surface area is 130 Å². The van der Waals surface area contributed by atoms with E-state index in [1.165, 1.54) is 5.56 Å². The molecule has 2 aromatic carbocycles. The molecule has 0 fully saturated rings. The molecule has 0 radical (unpaired) electrons. The normalized spacial score (nSPS) is 10.9. The number of ether oxygens (including phenoxy) is 1. The predicted octanol–water partition coefficient (Wildman–Crippen LogP) is 6.00. The predicted molar refractivity (Wildman–Crippen MR) is 86.1 cm³/mol. The largest absolute Gasteiger partial charge is 0.489 e. The number of hydrogen-bond acceptors (Lipinski definition) is 1. The average molecular weight is 309 g/mol. The van der Waals surface area contributed by atoms with Crippen LogP contribution in [0.25, 0.3) is 0 Å². The Hall–Kier alpha value is -1.18. The Kier molecular flexibility index (Phi) is 4.95. The van der Waals surface area contributed by atoms with E-state index in [4.69, 9.17) is 27.9 Å². The summed E-state index contributed by atoms with van der Waals surface area (Å²) in [4.78, 5) is 0. The molecule has 20 heavy (non-hydrogen) atoms. The lowest BCUT2D eigenvalue weighted by molar-refractivity contribution is 0.304. The molecule has 0 aliphatic carbocycles. The first kappa shape index (κ1) is 15.2. The number of rotatable bonds is 4. The van der Waals surface area contributed by atoms with Crippen LogP contribution in [-0.2, 0) is 6.61 Å². The zero-order chi connectivity index (χ0) is 14.7. The Balaban J connectivity index is 2.18. The average Bonchev–Trinajstić information content (AvgIpc) is 2.41. The van der Waals surface area contributed by atoms with Crippen molar-refractivity contribution < 1.29 is 4.74 Å². The quantitative estimate of drug-likeness (QED) is 0.672. The van der Waals surface area contributed by atoms with Crippen molar-refractivity contribution in [2.45, 2.75) is 33.3 Å². The van der Waals surface area contributed by atoms with Crippen LogP contribution in [0.5, 0.6) is 5.75 Å². The summed E-state index contributed by atoms with van der Waals surface area (Å²) in [6, 6.07) is 11.9. The van der Waals surface area contributed by atoms with Crippen LogP contribution in [0.3, 0.4) is 0 Å². The highest BCUT2D eigenvalue weighted by molar-refractivity contribution is 6.42. The van der Waals surface area contributed by atoms with Crippen molar-refractivity contribution in [1.29, 1.82) is 0 Å². The maximum atomic E-state index is 6.17. The molecule has 0 N–H and O–H groups in total. The summed E-state index contributed by atoms with van der Waals surface area (Å²) in [6.45, 7) is 6.80. The van der Waals surface area contributed by atoms with Gasteiger partial charge in [-0.3, -0.25) is 0 Å². The minimum atomic E-state index is 0.418. The minimum absolute atomic E-state index is 0.418. The second kappa shape index (κ2) is 6.51. The number of aryl methyl sites for hydroxylation is 1. The molecule has 1 nitrogen and oxygen atoms in total. The first-order valence-electron chi connectivity index (χ1n) is 6.65. The smallest absolute Gasteiger partial charge is 0.123 e. The van der Waals surface area contributed by atoms with Gasteiger partial charge in [0, 0.05) is 5.56 Å². The Bertz CT molecular complexity index is 606. The van der Waals surface area contributed by atoms with Gasteiger partial charge in [0.25, 0.3) is 0 Å². The summed E-state index contributed by atoms with van der Waals surface area (Å²) in [6.07, 6.45) is 0. The van der Waals surface area contributed by atoms with E-state index in [9.17, 15) is 0 Å². The lowest BCUT2D eigenvalue weighted by atomic mass is 10.0. The SMILES string of the molecule is Cc1ccc(C(C)C)cc1OCc1cccc(Cl)c1Cl. The van der Waals surface area contributed by atoms with Gasteiger partial charge in [0.15, 0.2) is 0 Å². The third kappa shape index (κ3) is 3.47. The van der Waals surface area contributed by atoms with Crippen molar-refractivity contribution in [2.24, 2.45) is 0 Å². The standard InChI is InChI=1S/C17H18Cl2O/c1-11(2)13-8-7-12(3)16(9-13)20-10-14-5-4-6-15(18)17(14)19/h4-9,11H,10H2,1-3H3. The molecule has 0 saturated carbocycles. The third-order valence-corrected chi connectivity index (χ3v) is 4.15. The van der Waals surface area contributed by atoms with Gasteiger partial charge >= 0.3 is 0 Å². The van der Waals surface area contributed by atoms with E-state index in [-0.39, 0.29) is 0 Å². The number of benzene rings is 2. The molecular formula is C17H18Cl2O. The second-order valence-corrected chi connectivity index (χ2v) is 5.97. The molecule has 0 aliphatic rings. The first-order valence-corrected chi connectivity index (χ1v) is 7.41. The highest BCUT2D eigenvalue weighted by Crippen LogP contribution is 2.28. The molecule has 0 amide bonds. The van der Waals surface area contributed by atoms with Crippen LogP contribution in [0.4, 0.5) is 0 Å². The Morgan fingerprint density at radius 3 is 2.55 bits per heavy atom. The van der Waals surface area contributed by atoms with Crippen molar-refractivity contribution in [3.05, 3.63) is 63.1 Å². The molecule has 0 aromatic heterocycles. The van der Waals surface area contributed by atoms with Gasteiger partial charge in [-0.2, -0.15) is 0 Å². The first-order chi connectivity index (χ1) is 9.49. The van der Waals surface area contributed by atoms with Gasteiger partial charge in [-0.1, -0.05) is 61.3 Å². The molecule has 106 valence electrons. The van der Waals surface area contributed by atoms with Gasteiger partial charge in [-0.25, -0.2) is 0 Å². The van der Waals surface area contributed by atoms with Crippen LogP contribution in [0.15, 0.2) is 36.4 Å². The molecule has 0 aliphatic heterocycles. The van der Waals surface area contributed by atoms with Crippen LogP contribution in [-0.4, -0.2) is 0 Å². The second-order valence-electron chi connectivity index (χ2n) is 5.18. The van der Waals surface area contributed by atoms with E-state index in [0.29, 0.717) is 22.6 Å². The third-order valence-electron chi connectivity index (χ3n) is 3.29. The lowest BCUT2D eigenvalue weighted by Crippen LogP contribution is -1.99. The molecule has 0 spiro atoms. The molecule has 0 saturated heterocycles. The van der Waals surface area contributed by atoms with Crippen LogP contribution in [0, 0.1) is 6.92 Å². The maximum absolute atomic E-state index is 6.17. The molecular weight excluding hydrogens is 291 g/mol. The van der Waals surface area contributed by atoms with Crippen LogP contribution in [0.2, 0.25) is 10.0 Å². The Morgan fingerprint density at radius 1 is 1.10 bits per heavy atom. The van der Waals surface area contributed by atoms with Gasteiger partial charge in [-0.15, -0.1) is 0 Å². The zero-order valence-electron chi connectivity index (χ0n) is 11.9. The summed E-state index contributed by atoms with van der Waals surface area (Å²) in [5, 5.41) is 1.12. The topological polar surface area (TPSA) is 9.23 Å². The van der Waals surface area contributed by atoms with Gasteiger partial charge in [0.2, 0.25) is 0 Å². The molecule has 0 bridgehead atoms. The van der Waals surface area contributed by atoms with Crippen LogP contribution >= 0.6 is 23.2 Å². The van der Waals surface area contributed by atoms with Crippen LogP contribution in [0.1, 0.15) is 36.5 Å². The van der Waals surface area contributed by atoms with E-state index >= 15 is 0 Å². The fraction of sp³-hybridized carbons (Fsp3) is 0.294. The fourth-order valence-electron chi connectivity index (χ4n) is 1.95. The summed E-state index contributed by atoms with van der Waals surface area (Å²) >= 11 is 12.2. The van der Waals surface area contributed by atoms with Crippen molar-refractivity contribution in [3.63, 3.8) is 0 Å². The zero-order valence-corrected chi connectivity index (χ0v) is 13.4. The van der Waals surface area contributed by atoms with Crippen LogP contribution < -0.4 is 4.74 Å². The Morgan fingerprint density at radius 2 is 1.85 bits per heavy atom. The van der Waals surface area contributed by atoms with Crippen molar-refractivity contribution in [3.8, 4) is 5.75 Å². The van der Waals surface area contributed by atoms with Gasteiger partial charge in [0.1, 0.15) is 12.4 Å². The van der Waals surface area contributed by atoms with Crippen molar-refractivity contribution in [2.75, 3.05) is 0 Å². The molecule has 2 rings (SSSR count). The number of halogens is 2. The van der Waals surface area contributed by atoms with E-state index < -0.39 is 0 Å². The van der Waals surface area contributed by atoms with E-state index in [1.54, 1.807) is 6.07 Å². The lowest BCUT2D eigenvalue weighted by Gasteiger charge is -2.13. The van der Waals surface area contributed by atoms with E-state index in [0.717, 1.165) is 16.9 Å². The summed E-state index contributed by atoms with van der Waals surface area (Å²) in [5.41, 5.74) is 3.28. The molecule has 0 atom stereocenters. The monoisotopic (exact) mass is 308 g/mol. The molecule has 0 heterocycles. The summed E-state index contributed by atoms with van der Waals surface area (Å²) in [7, 11) is 0. The summed E-state index contributed by atoms with van der Waals surface area (Å²) in [5.74, 6) is 1.37. The molecule has 2 aromatic rings. The maximum Gasteiger partial charge on any atom is 0.123 e. The highest BCUT2D eigenvalue weighted by atomic mass is 35.5. The molecule has 3 heteroatoms. The minimum Gasteiger partial charge on any atom is -0.489 e. The molecule has 0 unspecified atom stereocenters. The number of hydrogen-bond donors (Lipinski definition) is 0. The van der Waals surface area contributed by atoms with Gasteiger partial charge in [-0.05, 0) is 36.1 Å².